The number of hydrogen-bond donors (Lipinski definition) is 0. The third-order valence-electron chi connectivity index (χ3n) is 4.76. The van der Waals surface area contributed by atoms with E-state index >= 15 is 0 Å². The molecule has 2 aliphatic rings. The van der Waals surface area contributed by atoms with Gasteiger partial charge in [0.1, 0.15) is 0 Å². The molecule has 1 spiro atoms. The van der Waals surface area contributed by atoms with Crippen LogP contribution in [0.5, 0.6) is 0 Å². The van der Waals surface area contributed by atoms with E-state index in [0.29, 0.717) is 38.4 Å². The van der Waals surface area contributed by atoms with Gasteiger partial charge in [-0.1, -0.05) is 4.49 Å². The van der Waals surface area contributed by atoms with E-state index in [2.05, 4.69) is 9.59 Å². The fourth-order valence-electron chi connectivity index (χ4n) is 3.48. The van der Waals surface area contributed by atoms with E-state index in [1.54, 1.807) is 12.5 Å². The zero-order valence-electron chi connectivity index (χ0n) is 12.7. The Balaban J connectivity index is 1.65. The fourth-order valence-corrected chi connectivity index (χ4v) is 3.91. The molecule has 0 bridgehead atoms. The average Bonchev–Trinajstić information content (AvgIpc) is 3.16. The second-order valence-corrected chi connectivity index (χ2v) is 6.45. The number of nitrogens with zero attached hydrogens (tertiary/aromatic N) is 4. The highest BCUT2D eigenvalue weighted by Gasteiger charge is 2.47. The standard InChI is InChI=1S/C14H20N4O3S/c1-21-9-8-18-12(19)2-3-14(18)4-6-17(7-5-14)13(20)11-10-22-16-15-11/h10H,2-9H2,1H3. The zero-order valence-corrected chi connectivity index (χ0v) is 13.5. The first-order valence-corrected chi connectivity index (χ1v) is 8.36. The van der Waals surface area contributed by atoms with Crippen LogP contribution in [0.25, 0.3) is 0 Å². The van der Waals surface area contributed by atoms with Crippen LogP contribution in [-0.4, -0.2) is 70.1 Å². The summed E-state index contributed by atoms with van der Waals surface area (Å²) in [5.41, 5.74) is 0.326. The van der Waals surface area contributed by atoms with Crippen molar-refractivity contribution < 1.29 is 14.3 Å². The van der Waals surface area contributed by atoms with Crippen molar-refractivity contribution in [2.75, 3.05) is 33.4 Å². The van der Waals surface area contributed by atoms with Crippen molar-refractivity contribution in [3.63, 3.8) is 0 Å². The summed E-state index contributed by atoms with van der Waals surface area (Å²) in [5.74, 6) is 0.150. The van der Waals surface area contributed by atoms with Gasteiger partial charge in [0.15, 0.2) is 5.69 Å². The number of piperidine rings is 1. The molecular formula is C14H20N4O3S. The van der Waals surface area contributed by atoms with Crippen molar-refractivity contribution in [1.82, 2.24) is 19.4 Å². The summed E-state index contributed by atoms with van der Waals surface area (Å²) in [4.78, 5) is 28.2. The Bertz CT molecular complexity index is 540. The molecule has 2 saturated heterocycles. The van der Waals surface area contributed by atoms with Gasteiger partial charge < -0.3 is 14.5 Å². The molecule has 0 aromatic carbocycles. The van der Waals surface area contributed by atoms with Crippen molar-refractivity contribution in [2.24, 2.45) is 0 Å². The van der Waals surface area contributed by atoms with Gasteiger partial charge in [0.05, 0.1) is 6.61 Å². The molecule has 1 aromatic heterocycles. The summed E-state index contributed by atoms with van der Waals surface area (Å²) < 4.78 is 8.86. The van der Waals surface area contributed by atoms with Crippen LogP contribution in [0.15, 0.2) is 5.38 Å². The van der Waals surface area contributed by atoms with Crippen LogP contribution in [0, 0.1) is 0 Å². The van der Waals surface area contributed by atoms with Gasteiger partial charge >= 0.3 is 0 Å². The lowest BCUT2D eigenvalue weighted by Crippen LogP contribution is -2.54. The molecular weight excluding hydrogens is 304 g/mol. The first-order valence-electron chi connectivity index (χ1n) is 7.52. The second kappa shape index (κ2) is 6.29. The van der Waals surface area contributed by atoms with Crippen LogP contribution in [0.4, 0.5) is 0 Å². The molecule has 1 aromatic rings. The monoisotopic (exact) mass is 324 g/mol. The summed E-state index contributed by atoms with van der Waals surface area (Å²) in [6.07, 6.45) is 3.14. The molecule has 0 unspecified atom stereocenters. The molecule has 0 aliphatic carbocycles. The molecule has 7 nitrogen and oxygen atoms in total. The predicted molar refractivity (Wildman–Crippen MR) is 80.6 cm³/mol. The lowest BCUT2D eigenvalue weighted by molar-refractivity contribution is -0.133. The van der Waals surface area contributed by atoms with Crippen LogP contribution < -0.4 is 0 Å². The normalized spacial score (nSPS) is 20.9. The maximum atomic E-state index is 12.3. The summed E-state index contributed by atoms with van der Waals surface area (Å²) in [7, 11) is 1.65. The highest BCUT2D eigenvalue weighted by atomic mass is 32.1. The van der Waals surface area contributed by atoms with Gasteiger partial charge in [0, 0.05) is 44.1 Å². The molecule has 22 heavy (non-hydrogen) atoms. The highest BCUT2D eigenvalue weighted by molar-refractivity contribution is 7.03. The van der Waals surface area contributed by atoms with Crippen LogP contribution in [0.2, 0.25) is 0 Å². The van der Waals surface area contributed by atoms with E-state index in [4.69, 9.17) is 4.74 Å². The number of hydrogen-bond acceptors (Lipinski definition) is 6. The van der Waals surface area contributed by atoms with Crippen LogP contribution in [-0.2, 0) is 9.53 Å². The van der Waals surface area contributed by atoms with E-state index in [9.17, 15) is 9.59 Å². The Morgan fingerprint density at radius 1 is 1.41 bits per heavy atom. The largest absolute Gasteiger partial charge is 0.383 e. The Hall–Kier alpha value is -1.54. The highest BCUT2D eigenvalue weighted by Crippen LogP contribution is 2.39. The first kappa shape index (κ1) is 15.4. The SMILES string of the molecule is COCCN1C(=O)CCC12CCN(C(=O)c1csnn1)CC2. The summed E-state index contributed by atoms with van der Waals surface area (Å²) in [5, 5.41) is 5.52. The number of methoxy groups -OCH3 is 1. The van der Waals surface area contributed by atoms with Crippen molar-refractivity contribution in [2.45, 2.75) is 31.2 Å². The van der Waals surface area contributed by atoms with Crippen molar-refractivity contribution in [1.29, 1.82) is 0 Å². The van der Waals surface area contributed by atoms with Gasteiger partial charge in [-0.2, -0.15) is 0 Å². The first-order chi connectivity index (χ1) is 10.7. The minimum absolute atomic E-state index is 0.0589. The van der Waals surface area contributed by atoms with E-state index < -0.39 is 0 Å². The third-order valence-corrected chi connectivity index (χ3v) is 5.26. The quantitative estimate of drug-likeness (QED) is 0.818. The number of amides is 2. The van der Waals surface area contributed by atoms with Crippen LogP contribution in [0.3, 0.4) is 0 Å². The lowest BCUT2D eigenvalue weighted by Gasteiger charge is -2.44. The van der Waals surface area contributed by atoms with Gasteiger partial charge in [-0.25, -0.2) is 0 Å². The number of likely N-dealkylation sites (tertiary alicyclic amines) is 2. The Kier molecular flexibility index (Phi) is 4.39. The topological polar surface area (TPSA) is 75.6 Å². The maximum Gasteiger partial charge on any atom is 0.275 e. The van der Waals surface area contributed by atoms with Gasteiger partial charge in [-0.15, -0.1) is 5.10 Å². The number of rotatable bonds is 4. The molecule has 2 aliphatic heterocycles. The Morgan fingerprint density at radius 3 is 2.82 bits per heavy atom. The molecule has 2 amide bonds. The summed E-state index contributed by atoms with van der Waals surface area (Å²) >= 11 is 1.19. The summed E-state index contributed by atoms with van der Waals surface area (Å²) in [6, 6.07) is 0. The van der Waals surface area contributed by atoms with E-state index in [1.807, 2.05) is 9.80 Å². The molecule has 8 heteroatoms. The average molecular weight is 324 g/mol. The minimum Gasteiger partial charge on any atom is -0.383 e. The predicted octanol–water partition coefficient (Wildman–Crippen LogP) is 0.782. The van der Waals surface area contributed by atoms with Crippen molar-refractivity contribution >= 4 is 23.3 Å². The number of carbonyl (C=O) groups excluding carboxylic acids is 2. The van der Waals surface area contributed by atoms with E-state index in [1.165, 1.54) is 11.5 Å². The Morgan fingerprint density at radius 2 is 2.18 bits per heavy atom. The number of ether oxygens (including phenoxy) is 1. The molecule has 0 atom stereocenters. The van der Waals surface area contributed by atoms with Crippen LogP contribution >= 0.6 is 11.5 Å². The van der Waals surface area contributed by atoms with E-state index in [-0.39, 0.29) is 17.4 Å². The zero-order chi connectivity index (χ0) is 15.6. The number of aromatic nitrogens is 2. The second-order valence-electron chi connectivity index (χ2n) is 5.84. The van der Waals surface area contributed by atoms with Gasteiger partial charge in [-0.3, -0.25) is 9.59 Å². The smallest absolute Gasteiger partial charge is 0.275 e. The van der Waals surface area contributed by atoms with Crippen molar-refractivity contribution in [3.05, 3.63) is 11.1 Å². The number of carbonyl (C=O) groups is 2. The summed E-state index contributed by atoms with van der Waals surface area (Å²) in [6.45, 7) is 2.51. The van der Waals surface area contributed by atoms with E-state index in [0.717, 1.165) is 19.3 Å². The van der Waals surface area contributed by atoms with Crippen LogP contribution in [0.1, 0.15) is 36.2 Å². The molecule has 0 N–H and O–H groups in total. The molecule has 2 fully saturated rings. The molecule has 120 valence electrons. The molecule has 0 radical (unpaired) electrons. The molecule has 0 saturated carbocycles. The van der Waals surface area contributed by atoms with Gasteiger partial charge in [0.25, 0.3) is 5.91 Å². The Labute approximate surface area is 133 Å². The third kappa shape index (κ3) is 2.72. The maximum absolute atomic E-state index is 12.3. The minimum atomic E-state index is -0.0906. The van der Waals surface area contributed by atoms with Gasteiger partial charge in [-0.05, 0) is 30.8 Å². The van der Waals surface area contributed by atoms with Gasteiger partial charge in [0.2, 0.25) is 5.91 Å². The molecule has 3 rings (SSSR count). The lowest BCUT2D eigenvalue weighted by atomic mass is 9.85. The fraction of sp³-hybridized carbons (Fsp3) is 0.714. The van der Waals surface area contributed by atoms with Crippen molar-refractivity contribution in [3.8, 4) is 0 Å². The molecule has 3 heterocycles.